The summed E-state index contributed by atoms with van der Waals surface area (Å²) < 4.78 is 12.5. The van der Waals surface area contributed by atoms with Gasteiger partial charge in [-0.05, 0) is 29.8 Å². The fourth-order valence-corrected chi connectivity index (χ4v) is 3.93. The molecule has 5 rings (SSSR count). The third kappa shape index (κ3) is 4.19. The van der Waals surface area contributed by atoms with E-state index in [0.717, 1.165) is 54.4 Å². The summed E-state index contributed by atoms with van der Waals surface area (Å²) in [6.07, 6.45) is 1.91. The molecule has 8 heteroatoms. The van der Waals surface area contributed by atoms with E-state index in [-0.39, 0.29) is 0 Å². The van der Waals surface area contributed by atoms with Crippen molar-refractivity contribution < 1.29 is 9.47 Å². The molecule has 31 heavy (non-hydrogen) atoms. The van der Waals surface area contributed by atoms with Gasteiger partial charge in [-0.2, -0.15) is 5.10 Å². The van der Waals surface area contributed by atoms with Crippen LogP contribution in [0, 0.1) is 0 Å². The maximum atomic E-state index is 6.49. The van der Waals surface area contributed by atoms with Crippen molar-refractivity contribution in [3.8, 4) is 17.1 Å². The zero-order valence-electron chi connectivity index (χ0n) is 17.2. The molecule has 2 aromatic carbocycles. The second-order valence-electron chi connectivity index (χ2n) is 7.40. The summed E-state index contributed by atoms with van der Waals surface area (Å²) in [6, 6.07) is 16.1. The third-order valence-corrected chi connectivity index (χ3v) is 5.62. The number of morpholine rings is 1. The Kier molecular flexibility index (Phi) is 5.44. The largest absolute Gasteiger partial charge is 0.497 e. The highest BCUT2D eigenvalue weighted by Crippen LogP contribution is 2.27. The molecule has 0 aliphatic carbocycles. The maximum Gasteiger partial charge on any atom is 0.161 e. The van der Waals surface area contributed by atoms with Crippen molar-refractivity contribution in [2.45, 2.75) is 6.54 Å². The maximum absolute atomic E-state index is 6.49. The zero-order chi connectivity index (χ0) is 21.2. The summed E-state index contributed by atoms with van der Waals surface area (Å²) >= 11 is 6.49. The van der Waals surface area contributed by atoms with Gasteiger partial charge >= 0.3 is 0 Å². The Hall–Kier alpha value is -3.16. The van der Waals surface area contributed by atoms with Gasteiger partial charge < -0.3 is 14.4 Å². The number of aromatic nitrogens is 4. The zero-order valence-corrected chi connectivity index (χ0v) is 17.9. The summed E-state index contributed by atoms with van der Waals surface area (Å²) in [5, 5.41) is 4.93. The number of halogens is 1. The van der Waals surface area contributed by atoms with Crippen LogP contribution in [0.5, 0.6) is 5.75 Å². The number of methoxy groups -OCH3 is 1. The fraction of sp³-hybridized carbons (Fsp3) is 0.261. The molecule has 2 aromatic heterocycles. The van der Waals surface area contributed by atoms with E-state index in [1.807, 2.05) is 47.3 Å². The van der Waals surface area contributed by atoms with Crippen molar-refractivity contribution in [2.75, 3.05) is 38.3 Å². The predicted molar refractivity (Wildman–Crippen MR) is 121 cm³/mol. The number of hydrogen-bond acceptors (Lipinski definition) is 6. The molecule has 0 atom stereocenters. The third-order valence-electron chi connectivity index (χ3n) is 5.35. The van der Waals surface area contributed by atoms with Gasteiger partial charge in [-0.3, -0.25) is 4.68 Å². The summed E-state index contributed by atoms with van der Waals surface area (Å²) in [4.78, 5) is 11.6. The predicted octanol–water partition coefficient (Wildman–Crippen LogP) is 4.04. The van der Waals surface area contributed by atoms with Crippen LogP contribution in [0.25, 0.3) is 22.4 Å². The monoisotopic (exact) mass is 435 g/mol. The molecule has 0 radical (unpaired) electrons. The molecule has 1 aliphatic rings. The van der Waals surface area contributed by atoms with Crippen LogP contribution >= 0.6 is 11.6 Å². The van der Waals surface area contributed by atoms with Gasteiger partial charge in [0.05, 0.1) is 33.1 Å². The fourth-order valence-electron chi connectivity index (χ4n) is 3.72. The molecule has 3 heterocycles. The Balaban J connectivity index is 1.44. The first kappa shape index (κ1) is 19.8. The van der Waals surface area contributed by atoms with E-state index in [0.29, 0.717) is 23.0 Å². The van der Waals surface area contributed by atoms with Crippen LogP contribution in [0.3, 0.4) is 0 Å². The van der Waals surface area contributed by atoms with Crippen molar-refractivity contribution in [3.05, 3.63) is 65.4 Å². The SMILES string of the molecule is COc1ccc(Cn2cc3nc(-c4cccc(N5CCOCC5)c4)nc(Cl)c3n2)cc1. The highest BCUT2D eigenvalue weighted by Gasteiger charge is 2.15. The van der Waals surface area contributed by atoms with E-state index in [9.17, 15) is 0 Å². The van der Waals surface area contributed by atoms with E-state index in [2.05, 4.69) is 27.1 Å². The van der Waals surface area contributed by atoms with Crippen LogP contribution in [-0.4, -0.2) is 53.2 Å². The number of rotatable bonds is 5. The normalized spacial score (nSPS) is 14.2. The van der Waals surface area contributed by atoms with Gasteiger partial charge in [0.15, 0.2) is 11.0 Å². The first-order valence-corrected chi connectivity index (χ1v) is 10.5. The van der Waals surface area contributed by atoms with E-state index in [1.54, 1.807) is 7.11 Å². The average Bonchev–Trinajstić information content (AvgIpc) is 3.23. The summed E-state index contributed by atoms with van der Waals surface area (Å²) in [6.45, 7) is 3.85. The minimum absolute atomic E-state index is 0.352. The van der Waals surface area contributed by atoms with E-state index in [1.165, 1.54) is 0 Å². The first-order valence-electron chi connectivity index (χ1n) is 10.2. The highest BCUT2D eigenvalue weighted by molar-refractivity contribution is 6.33. The van der Waals surface area contributed by atoms with Crippen LogP contribution in [-0.2, 0) is 11.3 Å². The van der Waals surface area contributed by atoms with Gasteiger partial charge in [0, 0.05) is 24.3 Å². The minimum Gasteiger partial charge on any atom is -0.497 e. The van der Waals surface area contributed by atoms with Crippen LogP contribution in [0.4, 0.5) is 5.69 Å². The average molecular weight is 436 g/mol. The Morgan fingerprint density at radius 1 is 1.06 bits per heavy atom. The van der Waals surface area contributed by atoms with Crippen LogP contribution in [0.1, 0.15) is 5.56 Å². The molecule has 0 saturated carbocycles. The molecule has 1 aliphatic heterocycles. The molecule has 1 saturated heterocycles. The topological polar surface area (TPSA) is 65.3 Å². The van der Waals surface area contributed by atoms with Gasteiger partial charge in [0.25, 0.3) is 0 Å². The summed E-state index contributed by atoms with van der Waals surface area (Å²) in [5.74, 6) is 1.42. The van der Waals surface area contributed by atoms with Gasteiger partial charge in [-0.25, -0.2) is 9.97 Å². The number of hydrogen-bond donors (Lipinski definition) is 0. The van der Waals surface area contributed by atoms with Crippen molar-refractivity contribution in [1.29, 1.82) is 0 Å². The standard InChI is InChI=1S/C23H22ClN5O2/c1-30-19-7-5-16(6-8-19)14-29-15-20-21(27-29)22(24)26-23(25-20)17-3-2-4-18(13-17)28-9-11-31-12-10-28/h2-8,13,15H,9-12,14H2,1H3. The van der Waals surface area contributed by atoms with Gasteiger partial charge in [-0.15, -0.1) is 0 Å². The van der Waals surface area contributed by atoms with Gasteiger partial charge in [-0.1, -0.05) is 35.9 Å². The molecule has 158 valence electrons. The quantitative estimate of drug-likeness (QED) is 0.441. The Bertz CT molecular complexity index is 1200. The summed E-state index contributed by atoms with van der Waals surface area (Å²) in [7, 11) is 1.66. The molecular formula is C23H22ClN5O2. The number of ether oxygens (including phenoxy) is 2. The molecule has 0 bridgehead atoms. The highest BCUT2D eigenvalue weighted by atomic mass is 35.5. The van der Waals surface area contributed by atoms with E-state index >= 15 is 0 Å². The molecule has 0 amide bonds. The molecule has 4 aromatic rings. The minimum atomic E-state index is 0.352. The number of benzene rings is 2. The Morgan fingerprint density at radius 3 is 2.65 bits per heavy atom. The lowest BCUT2D eigenvalue weighted by molar-refractivity contribution is 0.122. The molecule has 7 nitrogen and oxygen atoms in total. The summed E-state index contributed by atoms with van der Waals surface area (Å²) in [5.41, 5.74) is 4.49. The Labute approximate surface area is 185 Å². The van der Waals surface area contributed by atoms with Crippen molar-refractivity contribution >= 4 is 28.3 Å². The number of fused-ring (bicyclic) bond motifs is 1. The van der Waals surface area contributed by atoms with Gasteiger partial charge in [0.1, 0.15) is 16.8 Å². The molecular weight excluding hydrogens is 414 g/mol. The molecule has 0 N–H and O–H groups in total. The van der Waals surface area contributed by atoms with Crippen molar-refractivity contribution in [3.63, 3.8) is 0 Å². The van der Waals surface area contributed by atoms with E-state index < -0.39 is 0 Å². The molecule has 1 fully saturated rings. The smallest absolute Gasteiger partial charge is 0.161 e. The van der Waals surface area contributed by atoms with Crippen LogP contribution in [0.15, 0.2) is 54.7 Å². The van der Waals surface area contributed by atoms with Crippen LogP contribution in [0.2, 0.25) is 5.15 Å². The molecule has 0 spiro atoms. The lowest BCUT2D eigenvalue weighted by atomic mass is 10.1. The lowest BCUT2D eigenvalue weighted by Gasteiger charge is -2.29. The second kappa shape index (κ2) is 8.53. The number of anilines is 1. The first-order chi connectivity index (χ1) is 15.2. The second-order valence-corrected chi connectivity index (χ2v) is 7.75. The lowest BCUT2D eigenvalue weighted by Crippen LogP contribution is -2.36. The van der Waals surface area contributed by atoms with Crippen molar-refractivity contribution in [2.24, 2.45) is 0 Å². The van der Waals surface area contributed by atoms with Crippen LogP contribution < -0.4 is 9.64 Å². The number of nitrogens with zero attached hydrogens (tertiary/aromatic N) is 5. The van der Waals surface area contributed by atoms with E-state index in [4.69, 9.17) is 26.1 Å². The molecule has 0 unspecified atom stereocenters. The van der Waals surface area contributed by atoms with Crippen molar-refractivity contribution in [1.82, 2.24) is 19.7 Å². The van der Waals surface area contributed by atoms with Gasteiger partial charge in [0.2, 0.25) is 0 Å². The Morgan fingerprint density at radius 2 is 1.87 bits per heavy atom.